The molecule has 1 N–H and O–H groups in total. The van der Waals surface area contributed by atoms with Crippen LogP contribution < -0.4 is 10.2 Å². The van der Waals surface area contributed by atoms with Crippen molar-refractivity contribution in [1.29, 1.82) is 0 Å². The van der Waals surface area contributed by atoms with E-state index in [1.54, 1.807) is 4.90 Å². The third kappa shape index (κ3) is 5.17. The summed E-state index contributed by atoms with van der Waals surface area (Å²) in [5.41, 5.74) is 2.39. The summed E-state index contributed by atoms with van der Waals surface area (Å²) >= 11 is 0. The molecule has 1 amide bonds. The first-order valence-electron chi connectivity index (χ1n) is 9.21. The summed E-state index contributed by atoms with van der Waals surface area (Å²) in [7, 11) is 1.87. The first-order chi connectivity index (χ1) is 12.2. The molecule has 0 unspecified atom stereocenters. The van der Waals surface area contributed by atoms with Crippen LogP contribution in [-0.2, 0) is 20.8 Å². The predicted molar refractivity (Wildman–Crippen MR) is 97.8 cm³/mol. The molecule has 0 spiro atoms. The molecule has 25 heavy (non-hydrogen) atoms. The molecule has 0 radical (unpaired) electrons. The number of carbonyl (C=O) groups excluding carboxylic acids is 1. The highest BCUT2D eigenvalue weighted by atomic mass is 16.5. The van der Waals surface area contributed by atoms with E-state index < -0.39 is 0 Å². The second-order valence-corrected chi connectivity index (χ2v) is 6.74. The fourth-order valence-corrected chi connectivity index (χ4v) is 3.38. The summed E-state index contributed by atoms with van der Waals surface area (Å²) in [4.78, 5) is 16.5. The van der Waals surface area contributed by atoms with E-state index in [0.717, 1.165) is 52.3 Å². The smallest absolute Gasteiger partial charge is 0.236 e. The minimum absolute atomic E-state index is 0.106. The van der Waals surface area contributed by atoms with Gasteiger partial charge in [-0.15, -0.1) is 0 Å². The second kappa shape index (κ2) is 9.17. The lowest BCUT2D eigenvalue weighted by Crippen LogP contribution is -2.39. The molecule has 1 aromatic carbocycles. The van der Waals surface area contributed by atoms with Crippen LogP contribution in [-0.4, -0.2) is 70.0 Å². The van der Waals surface area contributed by atoms with Crippen molar-refractivity contribution in [2.75, 3.05) is 57.9 Å². The van der Waals surface area contributed by atoms with Gasteiger partial charge in [-0.25, -0.2) is 0 Å². The molecule has 2 heterocycles. The van der Waals surface area contributed by atoms with Gasteiger partial charge in [0.2, 0.25) is 5.91 Å². The number of rotatable bonds is 7. The van der Waals surface area contributed by atoms with Gasteiger partial charge >= 0.3 is 0 Å². The summed E-state index contributed by atoms with van der Waals surface area (Å²) in [6.07, 6.45) is 2.47. The van der Waals surface area contributed by atoms with Gasteiger partial charge in [0, 0.05) is 45.5 Å². The van der Waals surface area contributed by atoms with Gasteiger partial charge in [-0.05, 0) is 24.5 Å². The van der Waals surface area contributed by atoms with Gasteiger partial charge in [0.25, 0.3) is 0 Å². The van der Waals surface area contributed by atoms with Gasteiger partial charge in [-0.3, -0.25) is 4.79 Å². The molecular formula is C19H29N3O3. The maximum Gasteiger partial charge on any atom is 0.236 e. The second-order valence-electron chi connectivity index (χ2n) is 6.74. The van der Waals surface area contributed by atoms with Gasteiger partial charge in [0.05, 0.1) is 25.9 Å². The van der Waals surface area contributed by atoms with Crippen LogP contribution in [0.2, 0.25) is 0 Å². The number of likely N-dealkylation sites (N-methyl/N-ethyl adjacent to an activating group) is 1. The molecule has 2 fully saturated rings. The van der Waals surface area contributed by atoms with E-state index >= 15 is 0 Å². The summed E-state index contributed by atoms with van der Waals surface area (Å²) in [5.74, 6) is 0.106. The third-order valence-electron chi connectivity index (χ3n) is 4.85. The standard InChI is InChI=1S/C19H29N3O3/c1-21(19(23)14-20-13-17-6-4-10-25-17)15-16-5-2-3-7-18(16)22-8-11-24-12-9-22/h2-3,5,7,17,20H,4,6,8-15H2,1H3/t17-/m0/s1. The molecule has 2 saturated heterocycles. The molecule has 2 aliphatic heterocycles. The van der Waals surface area contributed by atoms with Crippen molar-refractivity contribution in [2.45, 2.75) is 25.5 Å². The average Bonchev–Trinajstić information content (AvgIpc) is 3.16. The topological polar surface area (TPSA) is 54.0 Å². The average molecular weight is 347 g/mol. The lowest BCUT2D eigenvalue weighted by molar-refractivity contribution is -0.129. The Morgan fingerprint density at radius 1 is 1.28 bits per heavy atom. The number of nitrogens with one attached hydrogen (secondary N) is 1. The number of ether oxygens (including phenoxy) is 2. The number of hydrogen-bond donors (Lipinski definition) is 1. The number of hydrogen-bond acceptors (Lipinski definition) is 5. The molecule has 0 bridgehead atoms. The molecule has 138 valence electrons. The maximum atomic E-state index is 12.4. The first kappa shape index (κ1) is 18.2. The summed E-state index contributed by atoms with van der Waals surface area (Å²) in [6.45, 7) is 5.90. The molecule has 0 aromatic heterocycles. The summed E-state index contributed by atoms with van der Waals surface area (Å²) in [6, 6.07) is 8.33. The van der Waals surface area contributed by atoms with Crippen LogP contribution in [0.25, 0.3) is 0 Å². The van der Waals surface area contributed by atoms with Crippen LogP contribution in [0.3, 0.4) is 0 Å². The van der Waals surface area contributed by atoms with Crippen LogP contribution in [0.1, 0.15) is 18.4 Å². The van der Waals surface area contributed by atoms with Crippen LogP contribution in [0.15, 0.2) is 24.3 Å². The lowest BCUT2D eigenvalue weighted by atomic mass is 10.1. The Hall–Kier alpha value is -1.63. The Balaban J connectivity index is 1.51. The highest BCUT2D eigenvalue weighted by Crippen LogP contribution is 2.22. The minimum Gasteiger partial charge on any atom is -0.378 e. The number of carbonyl (C=O) groups is 1. The van der Waals surface area contributed by atoms with Gasteiger partial charge < -0.3 is 24.6 Å². The lowest BCUT2D eigenvalue weighted by Gasteiger charge is -2.31. The zero-order chi connectivity index (χ0) is 17.5. The highest BCUT2D eigenvalue weighted by molar-refractivity contribution is 5.78. The third-order valence-corrected chi connectivity index (χ3v) is 4.85. The number of anilines is 1. The van der Waals surface area contributed by atoms with Crippen molar-refractivity contribution in [3.63, 3.8) is 0 Å². The molecule has 6 heteroatoms. The normalized spacial score (nSPS) is 20.7. The van der Waals surface area contributed by atoms with Crippen molar-refractivity contribution < 1.29 is 14.3 Å². The molecule has 0 saturated carbocycles. The largest absolute Gasteiger partial charge is 0.378 e. The van der Waals surface area contributed by atoms with Crippen LogP contribution >= 0.6 is 0 Å². The van der Waals surface area contributed by atoms with E-state index in [2.05, 4.69) is 28.4 Å². The Morgan fingerprint density at radius 3 is 2.84 bits per heavy atom. The maximum absolute atomic E-state index is 12.4. The molecule has 1 aromatic rings. The number of benzene rings is 1. The van der Waals surface area contributed by atoms with Gasteiger partial charge in [-0.2, -0.15) is 0 Å². The zero-order valence-corrected chi connectivity index (χ0v) is 15.1. The zero-order valence-electron chi connectivity index (χ0n) is 15.1. The Bertz CT molecular complexity index is 555. The Kier molecular flexibility index (Phi) is 6.67. The SMILES string of the molecule is CN(Cc1ccccc1N1CCOCC1)C(=O)CNC[C@@H]1CCCO1. The van der Waals surface area contributed by atoms with E-state index in [4.69, 9.17) is 9.47 Å². The number of para-hydroxylation sites is 1. The molecule has 2 aliphatic rings. The highest BCUT2D eigenvalue weighted by Gasteiger charge is 2.18. The number of nitrogens with zero attached hydrogens (tertiary/aromatic N) is 2. The van der Waals surface area contributed by atoms with Crippen molar-refractivity contribution in [3.05, 3.63) is 29.8 Å². The first-order valence-corrected chi connectivity index (χ1v) is 9.21. The van der Waals surface area contributed by atoms with Crippen molar-refractivity contribution in [1.82, 2.24) is 10.2 Å². The van der Waals surface area contributed by atoms with E-state index in [9.17, 15) is 4.79 Å². The molecule has 6 nitrogen and oxygen atoms in total. The van der Waals surface area contributed by atoms with Crippen LogP contribution in [0.5, 0.6) is 0 Å². The molecular weight excluding hydrogens is 318 g/mol. The Labute approximate surface area is 150 Å². The summed E-state index contributed by atoms with van der Waals surface area (Å²) in [5, 5.41) is 3.23. The quantitative estimate of drug-likeness (QED) is 0.805. The van der Waals surface area contributed by atoms with Crippen LogP contribution in [0, 0.1) is 0 Å². The van der Waals surface area contributed by atoms with E-state index in [-0.39, 0.29) is 12.0 Å². The van der Waals surface area contributed by atoms with E-state index in [1.165, 1.54) is 11.3 Å². The molecule has 0 aliphatic carbocycles. The van der Waals surface area contributed by atoms with Crippen molar-refractivity contribution in [2.24, 2.45) is 0 Å². The van der Waals surface area contributed by atoms with Crippen molar-refractivity contribution >= 4 is 11.6 Å². The van der Waals surface area contributed by atoms with Gasteiger partial charge in [0.15, 0.2) is 0 Å². The molecule has 3 rings (SSSR count). The van der Waals surface area contributed by atoms with Gasteiger partial charge in [0.1, 0.15) is 0 Å². The fourth-order valence-electron chi connectivity index (χ4n) is 3.38. The minimum atomic E-state index is 0.106. The number of amides is 1. The summed E-state index contributed by atoms with van der Waals surface area (Å²) < 4.78 is 11.0. The monoisotopic (exact) mass is 347 g/mol. The number of morpholine rings is 1. The fraction of sp³-hybridized carbons (Fsp3) is 0.632. The molecule has 1 atom stereocenters. The van der Waals surface area contributed by atoms with Crippen molar-refractivity contribution in [3.8, 4) is 0 Å². The van der Waals surface area contributed by atoms with E-state index in [0.29, 0.717) is 13.1 Å². The van der Waals surface area contributed by atoms with Gasteiger partial charge in [-0.1, -0.05) is 18.2 Å². The Morgan fingerprint density at radius 2 is 2.08 bits per heavy atom. The predicted octanol–water partition coefficient (Wildman–Crippen LogP) is 1.25. The van der Waals surface area contributed by atoms with Crippen LogP contribution in [0.4, 0.5) is 5.69 Å². The van der Waals surface area contributed by atoms with E-state index in [1.807, 2.05) is 13.1 Å².